The molecule has 0 spiro atoms. The Labute approximate surface area is 157 Å². The van der Waals surface area contributed by atoms with Crippen LogP contribution in [0, 0.1) is 0 Å². The van der Waals surface area contributed by atoms with Gasteiger partial charge in [-0.25, -0.2) is 14.7 Å². The lowest BCUT2D eigenvalue weighted by Crippen LogP contribution is -2.45. The highest BCUT2D eigenvalue weighted by molar-refractivity contribution is 6.16. The summed E-state index contributed by atoms with van der Waals surface area (Å²) in [6, 6.07) is 11.3. The Morgan fingerprint density at radius 1 is 1.11 bits per heavy atom. The standard InChI is InChI=1S/C20H21N5O2/c1-23-11-8-17-16(23)9-12-24(17)20(27)25-15-7-3-2-6-14(15)22-19(26)13-5-4-10-21-18(13)25/h2-7,10,16-17H,8-9,11-12H2,1H3,(H,22,26). The molecule has 0 aliphatic carbocycles. The second-order valence-electron chi connectivity index (χ2n) is 7.35. The fourth-order valence-corrected chi connectivity index (χ4v) is 4.59. The number of nitrogens with one attached hydrogen (secondary N) is 1. The molecule has 1 aromatic carbocycles. The molecule has 3 aliphatic rings. The monoisotopic (exact) mass is 363 g/mol. The van der Waals surface area contributed by atoms with Crippen LogP contribution in [0.3, 0.4) is 0 Å². The molecule has 1 N–H and O–H groups in total. The van der Waals surface area contributed by atoms with E-state index in [1.807, 2.05) is 29.2 Å². The molecule has 138 valence electrons. The zero-order valence-electron chi connectivity index (χ0n) is 15.1. The van der Waals surface area contributed by atoms with Crippen LogP contribution in [0.4, 0.5) is 22.0 Å². The number of aromatic nitrogens is 1. The number of rotatable bonds is 0. The Kier molecular flexibility index (Phi) is 3.65. The number of hydrogen-bond donors (Lipinski definition) is 1. The number of amides is 3. The third-order valence-corrected chi connectivity index (χ3v) is 5.93. The molecule has 2 fully saturated rings. The van der Waals surface area contributed by atoms with Crippen molar-refractivity contribution in [1.82, 2.24) is 14.8 Å². The van der Waals surface area contributed by atoms with Gasteiger partial charge in [-0.3, -0.25) is 4.79 Å². The lowest BCUT2D eigenvalue weighted by molar-refractivity contribution is 0.102. The van der Waals surface area contributed by atoms with Crippen LogP contribution in [-0.2, 0) is 0 Å². The molecule has 27 heavy (non-hydrogen) atoms. The molecule has 7 heteroatoms. The van der Waals surface area contributed by atoms with Crippen molar-refractivity contribution in [3.63, 3.8) is 0 Å². The van der Waals surface area contributed by atoms with E-state index in [1.54, 1.807) is 23.2 Å². The summed E-state index contributed by atoms with van der Waals surface area (Å²) in [6.07, 6.45) is 3.58. The number of carbonyl (C=O) groups excluding carboxylic acids is 2. The molecule has 2 saturated heterocycles. The van der Waals surface area contributed by atoms with Gasteiger partial charge in [0.15, 0.2) is 5.82 Å². The Morgan fingerprint density at radius 3 is 2.81 bits per heavy atom. The van der Waals surface area contributed by atoms with Crippen LogP contribution in [0.15, 0.2) is 42.6 Å². The Bertz CT molecular complexity index is 930. The number of carbonyl (C=O) groups is 2. The number of benzene rings is 1. The van der Waals surface area contributed by atoms with E-state index in [2.05, 4.69) is 22.2 Å². The van der Waals surface area contributed by atoms with Gasteiger partial charge >= 0.3 is 6.03 Å². The maximum Gasteiger partial charge on any atom is 0.330 e. The highest BCUT2D eigenvalue weighted by atomic mass is 16.2. The van der Waals surface area contributed by atoms with Gasteiger partial charge in [0.2, 0.25) is 0 Å². The van der Waals surface area contributed by atoms with E-state index < -0.39 is 0 Å². The largest absolute Gasteiger partial charge is 0.330 e. The molecular weight excluding hydrogens is 342 g/mol. The number of likely N-dealkylation sites (tertiary alicyclic amines) is 2. The van der Waals surface area contributed by atoms with Crippen molar-refractivity contribution in [2.24, 2.45) is 0 Å². The summed E-state index contributed by atoms with van der Waals surface area (Å²) in [5.41, 5.74) is 1.68. The molecular formula is C20H21N5O2. The van der Waals surface area contributed by atoms with E-state index in [1.165, 1.54) is 0 Å². The van der Waals surface area contributed by atoms with Gasteiger partial charge in [-0.15, -0.1) is 0 Å². The van der Waals surface area contributed by atoms with E-state index in [4.69, 9.17) is 0 Å². The smallest absolute Gasteiger partial charge is 0.320 e. The highest BCUT2D eigenvalue weighted by Gasteiger charge is 2.45. The summed E-state index contributed by atoms with van der Waals surface area (Å²) in [5, 5.41) is 2.91. The SMILES string of the molecule is CN1CCC2C1CCN2C(=O)N1c2ccccc2NC(=O)c2cccnc21. The number of urea groups is 1. The van der Waals surface area contributed by atoms with Crippen molar-refractivity contribution in [2.45, 2.75) is 24.9 Å². The van der Waals surface area contributed by atoms with Crippen molar-refractivity contribution < 1.29 is 9.59 Å². The number of para-hydroxylation sites is 2. The van der Waals surface area contributed by atoms with E-state index in [9.17, 15) is 9.59 Å². The Hall–Kier alpha value is -2.93. The number of nitrogens with zero attached hydrogens (tertiary/aromatic N) is 4. The molecule has 2 unspecified atom stereocenters. The van der Waals surface area contributed by atoms with Gasteiger partial charge in [-0.05, 0) is 44.2 Å². The van der Waals surface area contributed by atoms with Crippen LogP contribution >= 0.6 is 0 Å². The first-order valence-electron chi connectivity index (χ1n) is 9.31. The maximum absolute atomic E-state index is 13.7. The van der Waals surface area contributed by atoms with Crippen LogP contribution in [0.1, 0.15) is 23.2 Å². The first kappa shape index (κ1) is 16.3. The minimum absolute atomic E-state index is 0.110. The van der Waals surface area contributed by atoms with Crippen molar-refractivity contribution >= 4 is 29.1 Å². The zero-order chi connectivity index (χ0) is 18.5. The van der Waals surface area contributed by atoms with Gasteiger partial charge in [-0.1, -0.05) is 12.1 Å². The van der Waals surface area contributed by atoms with Crippen molar-refractivity contribution in [3.8, 4) is 0 Å². The molecule has 1 aromatic heterocycles. The van der Waals surface area contributed by atoms with Crippen molar-refractivity contribution in [2.75, 3.05) is 30.4 Å². The third kappa shape index (κ3) is 2.42. The van der Waals surface area contributed by atoms with Crippen LogP contribution in [0.2, 0.25) is 0 Å². The Balaban J connectivity index is 1.62. The fourth-order valence-electron chi connectivity index (χ4n) is 4.59. The van der Waals surface area contributed by atoms with E-state index in [0.717, 1.165) is 25.9 Å². The molecule has 3 aliphatic heterocycles. The zero-order valence-corrected chi connectivity index (χ0v) is 15.1. The maximum atomic E-state index is 13.7. The third-order valence-electron chi connectivity index (χ3n) is 5.93. The molecule has 2 atom stereocenters. The first-order chi connectivity index (χ1) is 13.1. The second kappa shape index (κ2) is 6.06. The molecule has 4 heterocycles. The summed E-state index contributed by atoms with van der Waals surface area (Å²) >= 11 is 0. The van der Waals surface area contributed by atoms with E-state index >= 15 is 0 Å². The fraction of sp³-hybridized carbons (Fsp3) is 0.350. The van der Waals surface area contributed by atoms with Crippen LogP contribution in [0.25, 0.3) is 0 Å². The number of anilines is 3. The number of likely N-dealkylation sites (N-methyl/N-ethyl adjacent to an activating group) is 1. The van der Waals surface area contributed by atoms with Gasteiger partial charge < -0.3 is 15.1 Å². The average molecular weight is 363 g/mol. The number of hydrogen-bond acceptors (Lipinski definition) is 4. The first-order valence-corrected chi connectivity index (χ1v) is 9.31. The normalized spacial score (nSPS) is 24.1. The van der Waals surface area contributed by atoms with Crippen LogP contribution in [-0.4, -0.2) is 58.9 Å². The number of fused-ring (bicyclic) bond motifs is 3. The predicted molar refractivity (Wildman–Crippen MR) is 102 cm³/mol. The van der Waals surface area contributed by atoms with Gasteiger partial charge in [0.1, 0.15) is 0 Å². The molecule has 0 radical (unpaired) electrons. The van der Waals surface area contributed by atoms with E-state index in [-0.39, 0.29) is 18.0 Å². The molecule has 5 rings (SSSR count). The molecule has 2 aromatic rings. The van der Waals surface area contributed by atoms with Gasteiger partial charge in [0, 0.05) is 25.3 Å². The van der Waals surface area contributed by atoms with Crippen molar-refractivity contribution in [3.05, 3.63) is 48.2 Å². The predicted octanol–water partition coefficient (Wildman–Crippen LogP) is 2.68. The number of pyridine rings is 1. The summed E-state index contributed by atoms with van der Waals surface area (Å²) in [5.74, 6) is 0.139. The lowest BCUT2D eigenvalue weighted by Gasteiger charge is -2.31. The molecule has 0 saturated carbocycles. The van der Waals surface area contributed by atoms with Crippen molar-refractivity contribution in [1.29, 1.82) is 0 Å². The topological polar surface area (TPSA) is 68.8 Å². The van der Waals surface area contributed by atoms with Gasteiger partial charge in [-0.2, -0.15) is 0 Å². The molecule has 3 amide bonds. The van der Waals surface area contributed by atoms with Gasteiger partial charge in [0.25, 0.3) is 5.91 Å². The quantitative estimate of drug-likeness (QED) is 0.781. The molecule has 7 nitrogen and oxygen atoms in total. The minimum atomic E-state index is -0.249. The second-order valence-corrected chi connectivity index (χ2v) is 7.35. The summed E-state index contributed by atoms with van der Waals surface area (Å²) in [6.45, 7) is 1.73. The average Bonchev–Trinajstić information content (AvgIpc) is 3.23. The highest BCUT2D eigenvalue weighted by Crippen LogP contribution is 2.39. The summed E-state index contributed by atoms with van der Waals surface area (Å²) in [4.78, 5) is 36.7. The minimum Gasteiger partial charge on any atom is -0.320 e. The van der Waals surface area contributed by atoms with Gasteiger partial charge in [0.05, 0.1) is 23.0 Å². The molecule has 0 bridgehead atoms. The lowest BCUT2D eigenvalue weighted by atomic mass is 10.1. The van der Waals surface area contributed by atoms with E-state index in [0.29, 0.717) is 28.8 Å². The summed E-state index contributed by atoms with van der Waals surface area (Å²) < 4.78 is 0. The summed E-state index contributed by atoms with van der Waals surface area (Å²) in [7, 11) is 2.12. The Morgan fingerprint density at radius 2 is 1.93 bits per heavy atom. The van der Waals surface area contributed by atoms with Crippen LogP contribution < -0.4 is 10.2 Å². The van der Waals surface area contributed by atoms with Crippen LogP contribution in [0.5, 0.6) is 0 Å².